The summed E-state index contributed by atoms with van der Waals surface area (Å²) in [6, 6.07) is 16.3. The largest absolute Gasteiger partial charge is 0.508 e. The highest BCUT2D eigenvalue weighted by molar-refractivity contribution is 5.86. The van der Waals surface area contributed by atoms with E-state index < -0.39 is 5.72 Å². The maximum absolute atomic E-state index is 13.0. The molecule has 0 radical (unpaired) electrons. The number of aromatic hydroxyl groups is 1. The van der Waals surface area contributed by atoms with Crippen LogP contribution in [0.25, 0.3) is 0 Å². The average molecular weight is 378 g/mol. The molecule has 0 saturated carbocycles. The molecule has 144 valence electrons. The number of likely N-dealkylation sites (tertiary alicyclic amines) is 1. The van der Waals surface area contributed by atoms with Crippen LogP contribution in [-0.2, 0) is 20.7 Å². The minimum Gasteiger partial charge on any atom is -0.508 e. The topological polar surface area (TPSA) is 70.1 Å². The van der Waals surface area contributed by atoms with E-state index in [1.807, 2.05) is 41.3 Å². The molecule has 0 bridgehead atoms. The Morgan fingerprint density at radius 1 is 1.18 bits per heavy atom. The van der Waals surface area contributed by atoms with Gasteiger partial charge in [0.25, 0.3) is 0 Å². The molecule has 3 fully saturated rings. The maximum atomic E-state index is 13.0. The molecule has 1 N–H and O–H groups in total. The van der Waals surface area contributed by atoms with Crippen LogP contribution in [0.1, 0.15) is 30.0 Å². The van der Waals surface area contributed by atoms with Gasteiger partial charge in [0.15, 0.2) is 5.72 Å². The first-order valence-electron chi connectivity index (χ1n) is 9.67. The first kappa shape index (κ1) is 17.3. The number of phenolic OH excluding ortho intramolecular Hbond substituents is 1. The quantitative estimate of drug-likeness (QED) is 0.889. The van der Waals surface area contributed by atoms with Gasteiger partial charge in [0.1, 0.15) is 5.75 Å². The number of nitrogens with zero attached hydrogens (tertiary/aromatic N) is 2. The van der Waals surface area contributed by atoms with E-state index in [4.69, 9.17) is 4.74 Å². The molecule has 3 heterocycles. The second-order valence-electron chi connectivity index (χ2n) is 7.75. The van der Waals surface area contributed by atoms with Crippen molar-refractivity contribution in [3.05, 3.63) is 65.7 Å². The van der Waals surface area contributed by atoms with Gasteiger partial charge in [0.2, 0.25) is 11.8 Å². The summed E-state index contributed by atoms with van der Waals surface area (Å²) in [7, 11) is 0. The molecule has 6 nitrogen and oxygen atoms in total. The van der Waals surface area contributed by atoms with Crippen LogP contribution in [-0.4, -0.2) is 51.6 Å². The second-order valence-corrected chi connectivity index (χ2v) is 7.75. The van der Waals surface area contributed by atoms with Crippen LogP contribution in [0, 0.1) is 0 Å². The first-order valence-corrected chi connectivity index (χ1v) is 9.67. The summed E-state index contributed by atoms with van der Waals surface area (Å²) in [5.41, 5.74) is 1.13. The van der Waals surface area contributed by atoms with Gasteiger partial charge in [-0.15, -0.1) is 0 Å². The minimum absolute atomic E-state index is 0.0334. The Morgan fingerprint density at radius 2 is 2.00 bits per heavy atom. The number of carbonyl (C=O) groups is 2. The fourth-order valence-electron chi connectivity index (χ4n) is 5.01. The van der Waals surface area contributed by atoms with Gasteiger partial charge in [0, 0.05) is 13.0 Å². The van der Waals surface area contributed by atoms with E-state index >= 15 is 0 Å². The number of phenols is 1. The number of hydrogen-bond acceptors (Lipinski definition) is 4. The molecule has 0 aromatic heterocycles. The first-order chi connectivity index (χ1) is 13.6. The molecule has 2 aromatic rings. The Labute approximate surface area is 163 Å². The number of carbonyl (C=O) groups excluding carboxylic acids is 2. The minimum atomic E-state index is -0.702. The molecule has 6 heteroatoms. The van der Waals surface area contributed by atoms with E-state index in [1.54, 1.807) is 23.1 Å². The highest BCUT2D eigenvalue weighted by Gasteiger charge is 2.65. The lowest BCUT2D eigenvalue weighted by Crippen LogP contribution is -2.49. The maximum Gasteiger partial charge on any atom is 0.227 e. The Balaban J connectivity index is 1.39. The van der Waals surface area contributed by atoms with E-state index in [2.05, 4.69) is 0 Å². The lowest BCUT2D eigenvalue weighted by Gasteiger charge is -2.33. The SMILES string of the molecule is O=C(Cc1cccc(O)c1)N1CC[C@@]23OC[C@@H](c4ccccc4)N2C(=O)C[C@@H]13. The molecule has 0 unspecified atom stereocenters. The Hall–Kier alpha value is -2.86. The summed E-state index contributed by atoms with van der Waals surface area (Å²) < 4.78 is 6.25. The van der Waals surface area contributed by atoms with E-state index in [0.717, 1.165) is 11.1 Å². The molecule has 28 heavy (non-hydrogen) atoms. The molecule has 2 aromatic carbocycles. The summed E-state index contributed by atoms with van der Waals surface area (Å²) >= 11 is 0. The molecule has 5 rings (SSSR count). The van der Waals surface area contributed by atoms with Gasteiger partial charge in [0.05, 0.1) is 31.5 Å². The van der Waals surface area contributed by atoms with E-state index in [9.17, 15) is 14.7 Å². The van der Waals surface area contributed by atoms with Gasteiger partial charge >= 0.3 is 0 Å². The summed E-state index contributed by atoms with van der Waals surface area (Å²) in [4.78, 5) is 29.5. The molecule has 2 amide bonds. The summed E-state index contributed by atoms with van der Waals surface area (Å²) in [5.74, 6) is 0.162. The van der Waals surface area contributed by atoms with Crippen LogP contribution in [0.5, 0.6) is 5.75 Å². The molecule has 0 aliphatic carbocycles. The number of amides is 2. The van der Waals surface area contributed by atoms with Crippen molar-refractivity contribution in [2.75, 3.05) is 13.2 Å². The Bertz CT molecular complexity index is 931. The molecular weight excluding hydrogens is 356 g/mol. The number of rotatable bonds is 3. The van der Waals surface area contributed by atoms with Crippen molar-refractivity contribution in [3.63, 3.8) is 0 Å². The zero-order valence-corrected chi connectivity index (χ0v) is 15.5. The Morgan fingerprint density at radius 3 is 2.79 bits per heavy atom. The van der Waals surface area contributed by atoms with Crippen molar-refractivity contribution in [1.29, 1.82) is 0 Å². The molecule has 1 spiro atoms. The average Bonchev–Trinajstić information content (AvgIpc) is 3.31. The van der Waals surface area contributed by atoms with Crippen LogP contribution < -0.4 is 0 Å². The highest BCUT2D eigenvalue weighted by atomic mass is 16.5. The highest BCUT2D eigenvalue weighted by Crippen LogP contribution is 2.51. The summed E-state index contributed by atoms with van der Waals surface area (Å²) in [6.07, 6.45) is 1.14. The number of hydrogen-bond donors (Lipinski definition) is 1. The molecular formula is C22H22N2O4. The summed E-state index contributed by atoms with van der Waals surface area (Å²) in [5, 5.41) is 9.64. The van der Waals surface area contributed by atoms with Crippen molar-refractivity contribution in [1.82, 2.24) is 9.80 Å². The normalized spacial score (nSPS) is 28.5. The van der Waals surface area contributed by atoms with Crippen LogP contribution in [0.3, 0.4) is 0 Å². The van der Waals surface area contributed by atoms with Gasteiger partial charge in [-0.1, -0.05) is 42.5 Å². The third kappa shape index (κ3) is 2.52. The van der Waals surface area contributed by atoms with Gasteiger partial charge in [-0.25, -0.2) is 0 Å². The van der Waals surface area contributed by atoms with Crippen molar-refractivity contribution < 1.29 is 19.4 Å². The van der Waals surface area contributed by atoms with Crippen molar-refractivity contribution >= 4 is 11.8 Å². The van der Waals surface area contributed by atoms with Gasteiger partial charge in [-0.2, -0.15) is 0 Å². The van der Waals surface area contributed by atoms with E-state index in [0.29, 0.717) is 26.0 Å². The van der Waals surface area contributed by atoms with Crippen LogP contribution >= 0.6 is 0 Å². The third-order valence-electron chi connectivity index (χ3n) is 6.23. The predicted molar refractivity (Wildman–Crippen MR) is 101 cm³/mol. The van der Waals surface area contributed by atoms with Gasteiger partial charge in [-0.05, 0) is 23.3 Å². The van der Waals surface area contributed by atoms with Crippen LogP contribution in [0.4, 0.5) is 0 Å². The van der Waals surface area contributed by atoms with Crippen molar-refractivity contribution in [2.24, 2.45) is 0 Å². The van der Waals surface area contributed by atoms with E-state index in [1.165, 1.54) is 0 Å². The predicted octanol–water partition coefficient (Wildman–Crippen LogP) is 2.24. The lowest BCUT2D eigenvalue weighted by molar-refractivity contribution is -0.141. The van der Waals surface area contributed by atoms with Crippen molar-refractivity contribution in [2.45, 2.75) is 37.1 Å². The Kier molecular flexibility index (Phi) is 3.91. The standard InChI is InChI=1S/C22H22N2O4/c25-17-8-4-5-15(11-17)12-20(26)23-10-9-22-19(23)13-21(27)24(22)18(14-28-22)16-6-2-1-3-7-16/h1-8,11,18-19,25H,9-10,12-14H2/t18-,19+,22-/m0/s1. The lowest BCUT2D eigenvalue weighted by atomic mass is 10.0. The monoisotopic (exact) mass is 378 g/mol. The van der Waals surface area contributed by atoms with Crippen LogP contribution in [0.15, 0.2) is 54.6 Å². The number of ether oxygens (including phenoxy) is 1. The zero-order chi connectivity index (χ0) is 19.3. The second kappa shape index (κ2) is 6.34. The van der Waals surface area contributed by atoms with E-state index in [-0.39, 0.29) is 36.1 Å². The van der Waals surface area contributed by atoms with Crippen LogP contribution in [0.2, 0.25) is 0 Å². The summed E-state index contributed by atoms with van der Waals surface area (Å²) in [6.45, 7) is 1.04. The van der Waals surface area contributed by atoms with Gasteiger partial charge in [-0.3, -0.25) is 9.59 Å². The molecule has 3 aliphatic rings. The molecule has 3 atom stereocenters. The zero-order valence-electron chi connectivity index (χ0n) is 15.5. The molecule has 3 saturated heterocycles. The fourth-order valence-corrected chi connectivity index (χ4v) is 5.01. The van der Waals surface area contributed by atoms with Gasteiger partial charge < -0.3 is 19.6 Å². The molecule has 3 aliphatic heterocycles. The fraction of sp³-hybridized carbons (Fsp3) is 0.364. The smallest absolute Gasteiger partial charge is 0.227 e. The third-order valence-corrected chi connectivity index (χ3v) is 6.23. The van der Waals surface area contributed by atoms with Crippen molar-refractivity contribution in [3.8, 4) is 5.75 Å². The number of benzene rings is 2.